The molecule has 1 fully saturated rings. The van der Waals surface area contributed by atoms with E-state index in [9.17, 15) is 9.90 Å². The molecule has 1 aromatic rings. The van der Waals surface area contributed by atoms with Gasteiger partial charge in [0.2, 0.25) is 0 Å². The summed E-state index contributed by atoms with van der Waals surface area (Å²) in [6.45, 7) is 2.56. The molecule has 1 aromatic carbocycles. The van der Waals surface area contributed by atoms with E-state index in [1.807, 2.05) is 6.92 Å². The van der Waals surface area contributed by atoms with Gasteiger partial charge in [-0.15, -0.1) is 0 Å². The van der Waals surface area contributed by atoms with Gasteiger partial charge in [-0.1, -0.05) is 6.07 Å². The number of methoxy groups -OCH3 is 1. The first kappa shape index (κ1) is 14.6. The maximum absolute atomic E-state index is 12.6. The average Bonchev–Trinajstić information content (AvgIpc) is 2.47. The molecular formula is C14H20N2O4. The number of amides is 1. The summed E-state index contributed by atoms with van der Waals surface area (Å²) in [5.74, 6) is 0.311. The van der Waals surface area contributed by atoms with Crippen molar-refractivity contribution in [2.24, 2.45) is 0 Å². The zero-order valence-electron chi connectivity index (χ0n) is 11.7. The predicted molar refractivity (Wildman–Crippen MR) is 74.7 cm³/mol. The molecule has 0 aliphatic carbocycles. The van der Waals surface area contributed by atoms with Crippen LogP contribution in [0.4, 0.5) is 5.69 Å². The first-order valence-electron chi connectivity index (χ1n) is 6.54. The summed E-state index contributed by atoms with van der Waals surface area (Å²) in [4.78, 5) is 14.3. The highest BCUT2D eigenvalue weighted by Gasteiger charge is 2.31. The van der Waals surface area contributed by atoms with Gasteiger partial charge in [0.1, 0.15) is 5.75 Å². The molecule has 1 heterocycles. The van der Waals surface area contributed by atoms with Gasteiger partial charge in [-0.2, -0.15) is 0 Å². The maximum atomic E-state index is 12.6. The minimum Gasteiger partial charge on any atom is -0.495 e. The van der Waals surface area contributed by atoms with Crippen molar-refractivity contribution in [1.29, 1.82) is 0 Å². The lowest BCUT2D eigenvalue weighted by atomic mass is 10.1. The molecule has 1 amide bonds. The standard InChI is InChI=1S/C14H20N2O4/c1-9-8-20-10(7-17)6-16(9)14(18)11-4-3-5-12(19-2)13(11)15/h3-5,9-10,17H,6-8,15H2,1-2H3. The summed E-state index contributed by atoms with van der Waals surface area (Å²) < 4.78 is 10.6. The van der Waals surface area contributed by atoms with Crippen molar-refractivity contribution >= 4 is 11.6 Å². The smallest absolute Gasteiger partial charge is 0.256 e. The van der Waals surface area contributed by atoms with Crippen molar-refractivity contribution in [3.05, 3.63) is 23.8 Å². The molecule has 0 aromatic heterocycles. The molecule has 1 aliphatic heterocycles. The highest BCUT2D eigenvalue weighted by molar-refractivity contribution is 6.00. The normalized spacial score (nSPS) is 22.6. The highest BCUT2D eigenvalue weighted by Crippen LogP contribution is 2.27. The van der Waals surface area contributed by atoms with Crippen molar-refractivity contribution in [3.63, 3.8) is 0 Å². The quantitative estimate of drug-likeness (QED) is 0.788. The monoisotopic (exact) mass is 280 g/mol. The number of ether oxygens (including phenoxy) is 2. The molecule has 110 valence electrons. The van der Waals surface area contributed by atoms with Crippen molar-refractivity contribution in [2.45, 2.75) is 19.1 Å². The number of para-hydroxylation sites is 1. The number of anilines is 1. The first-order chi connectivity index (χ1) is 9.58. The largest absolute Gasteiger partial charge is 0.495 e. The Bertz CT molecular complexity index is 492. The third-order valence-corrected chi connectivity index (χ3v) is 3.49. The molecule has 2 atom stereocenters. The van der Waals surface area contributed by atoms with Gasteiger partial charge < -0.3 is 25.2 Å². The number of carbonyl (C=O) groups is 1. The fourth-order valence-corrected chi connectivity index (χ4v) is 2.27. The third kappa shape index (κ3) is 2.71. The molecule has 20 heavy (non-hydrogen) atoms. The van der Waals surface area contributed by atoms with Gasteiger partial charge in [-0.3, -0.25) is 4.79 Å². The lowest BCUT2D eigenvalue weighted by Crippen LogP contribution is -2.52. The van der Waals surface area contributed by atoms with E-state index >= 15 is 0 Å². The number of nitrogen functional groups attached to an aromatic ring is 1. The number of benzene rings is 1. The van der Waals surface area contributed by atoms with Gasteiger partial charge in [0.05, 0.1) is 43.7 Å². The van der Waals surface area contributed by atoms with E-state index < -0.39 is 0 Å². The molecule has 0 spiro atoms. The fourth-order valence-electron chi connectivity index (χ4n) is 2.27. The van der Waals surface area contributed by atoms with Crippen molar-refractivity contribution < 1.29 is 19.4 Å². The number of carbonyl (C=O) groups excluding carboxylic acids is 1. The van der Waals surface area contributed by atoms with Gasteiger partial charge in [0.15, 0.2) is 0 Å². The van der Waals surface area contributed by atoms with Crippen LogP contribution in [-0.4, -0.2) is 54.9 Å². The summed E-state index contributed by atoms with van der Waals surface area (Å²) in [7, 11) is 1.51. The van der Waals surface area contributed by atoms with Crippen LogP contribution < -0.4 is 10.5 Å². The van der Waals surface area contributed by atoms with Crippen LogP contribution >= 0.6 is 0 Å². The summed E-state index contributed by atoms with van der Waals surface area (Å²) in [6.07, 6.45) is -0.345. The van der Waals surface area contributed by atoms with Crippen LogP contribution in [0.3, 0.4) is 0 Å². The number of nitrogens with two attached hydrogens (primary N) is 1. The molecule has 2 unspecified atom stereocenters. The van der Waals surface area contributed by atoms with E-state index in [0.29, 0.717) is 30.2 Å². The van der Waals surface area contributed by atoms with E-state index in [4.69, 9.17) is 15.2 Å². The van der Waals surface area contributed by atoms with Crippen LogP contribution in [0.15, 0.2) is 18.2 Å². The molecule has 0 saturated carbocycles. The molecule has 6 nitrogen and oxygen atoms in total. The Morgan fingerprint density at radius 2 is 2.35 bits per heavy atom. The molecule has 1 saturated heterocycles. The van der Waals surface area contributed by atoms with Gasteiger partial charge in [-0.25, -0.2) is 0 Å². The summed E-state index contributed by atoms with van der Waals surface area (Å²) in [5, 5.41) is 9.18. The van der Waals surface area contributed by atoms with Crippen LogP contribution in [0.5, 0.6) is 5.75 Å². The molecule has 2 rings (SSSR count). The van der Waals surface area contributed by atoms with Crippen LogP contribution in [0.25, 0.3) is 0 Å². The average molecular weight is 280 g/mol. The molecule has 1 aliphatic rings. The van der Waals surface area contributed by atoms with Gasteiger partial charge in [0.25, 0.3) is 5.91 Å². The Morgan fingerprint density at radius 1 is 1.60 bits per heavy atom. The molecular weight excluding hydrogens is 260 g/mol. The summed E-state index contributed by atoms with van der Waals surface area (Å²) in [6, 6.07) is 5.06. The zero-order chi connectivity index (χ0) is 14.7. The number of aliphatic hydroxyl groups excluding tert-OH is 1. The SMILES string of the molecule is COc1cccc(C(=O)N2CC(CO)OCC2C)c1N. The topological polar surface area (TPSA) is 85.0 Å². The van der Waals surface area contributed by atoms with E-state index in [1.54, 1.807) is 23.1 Å². The second kappa shape index (κ2) is 6.11. The third-order valence-electron chi connectivity index (χ3n) is 3.49. The Kier molecular flexibility index (Phi) is 4.46. The number of aliphatic hydroxyl groups is 1. The predicted octanol–water partition coefficient (Wildman–Crippen LogP) is 0.499. The molecule has 6 heteroatoms. The molecule has 0 radical (unpaired) electrons. The van der Waals surface area contributed by atoms with Gasteiger partial charge in [-0.05, 0) is 19.1 Å². The number of hydrogen-bond acceptors (Lipinski definition) is 5. The van der Waals surface area contributed by atoms with Gasteiger partial charge >= 0.3 is 0 Å². The Hall–Kier alpha value is -1.79. The Morgan fingerprint density at radius 3 is 3.00 bits per heavy atom. The number of hydrogen-bond donors (Lipinski definition) is 2. The van der Waals surface area contributed by atoms with E-state index in [1.165, 1.54) is 7.11 Å². The Labute approximate surface area is 118 Å². The lowest BCUT2D eigenvalue weighted by Gasteiger charge is -2.37. The Balaban J connectivity index is 2.26. The van der Waals surface area contributed by atoms with Crippen molar-refractivity contribution in [3.8, 4) is 5.75 Å². The van der Waals surface area contributed by atoms with E-state index in [0.717, 1.165) is 0 Å². The van der Waals surface area contributed by atoms with Gasteiger partial charge in [0, 0.05) is 6.54 Å². The second-order valence-corrected chi connectivity index (χ2v) is 4.87. The number of morpholine rings is 1. The van der Waals surface area contributed by atoms with Crippen LogP contribution in [0.1, 0.15) is 17.3 Å². The fraction of sp³-hybridized carbons (Fsp3) is 0.500. The van der Waals surface area contributed by atoms with Crippen molar-refractivity contribution in [1.82, 2.24) is 4.90 Å². The lowest BCUT2D eigenvalue weighted by molar-refractivity contribution is -0.0667. The van der Waals surface area contributed by atoms with Crippen LogP contribution in [-0.2, 0) is 4.74 Å². The van der Waals surface area contributed by atoms with Crippen LogP contribution in [0, 0.1) is 0 Å². The minimum absolute atomic E-state index is 0.0594. The summed E-state index contributed by atoms with van der Waals surface area (Å²) >= 11 is 0. The van der Waals surface area contributed by atoms with E-state index in [2.05, 4.69) is 0 Å². The zero-order valence-corrected chi connectivity index (χ0v) is 11.7. The number of rotatable bonds is 3. The number of nitrogens with zero attached hydrogens (tertiary/aromatic N) is 1. The minimum atomic E-state index is -0.345. The molecule has 3 N–H and O–H groups in total. The summed E-state index contributed by atoms with van der Waals surface area (Å²) in [5.41, 5.74) is 6.71. The van der Waals surface area contributed by atoms with Crippen LogP contribution in [0.2, 0.25) is 0 Å². The van der Waals surface area contributed by atoms with Crippen molar-refractivity contribution in [2.75, 3.05) is 32.6 Å². The molecule has 0 bridgehead atoms. The highest BCUT2D eigenvalue weighted by atomic mass is 16.5. The maximum Gasteiger partial charge on any atom is 0.256 e. The van der Waals surface area contributed by atoms with E-state index in [-0.39, 0.29) is 24.7 Å². The first-order valence-corrected chi connectivity index (χ1v) is 6.54. The second-order valence-electron chi connectivity index (χ2n) is 4.87.